The number of guanidine groups is 1. The van der Waals surface area contributed by atoms with Gasteiger partial charge in [-0.1, -0.05) is 30.3 Å². The van der Waals surface area contributed by atoms with Crippen molar-refractivity contribution in [2.75, 3.05) is 32.6 Å². The number of nitrogens with one attached hydrogen (secondary N) is 2. The van der Waals surface area contributed by atoms with Gasteiger partial charge in [0.05, 0.1) is 7.11 Å². The minimum absolute atomic E-state index is 0. The molecule has 0 saturated carbocycles. The lowest BCUT2D eigenvalue weighted by atomic mass is 10.1. The molecule has 0 bridgehead atoms. The van der Waals surface area contributed by atoms with E-state index in [9.17, 15) is 4.79 Å². The largest absolute Gasteiger partial charge is 0.496 e. The van der Waals surface area contributed by atoms with E-state index in [1.54, 1.807) is 7.11 Å². The summed E-state index contributed by atoms with van der Waals surface area (Å²) < 4.78 is 5.45. The number of rotatable bonds is 8. The summed E-state index contributed by atoms with van der Waals surface area (Å²) in [4.78, 5) is 17.9. The average Bonchev–Trinajstić information content (AvgIpc) is 2.68. The highest BCUT2D eigenvalue weighted by atomic mass is 127. The average molecular weight is 510 g/mol. The Morgan fingerprint density at radius 1 is 1.14 bits per heavy atom. The third kappa shape index (κ3) is 8.31. The van der Waals surface area contributed by atoms with Crippen molar-refractivity contribution in [1.29, 1.82) is 0 Å². The number of nitrogens with zero attached hydrogens (tertiary/aromatic N) is 2. The van der Waals surface area contributed by atoms with Crippen LogP contribution in [0.2, 0.25) is 0 Å². The fraction of sp³-hybridized carbons (Fsp3) is 0.364. The number of benzene rings is 2. The van der Waals surface area contributed by atoms with E-state index in [0.717, 1.165) is 35.9 Å². The number of halogens is 1. The lowest BCUT2D eigenvalue weighted by molar-refractivity contribution is -0.114. The number of carbonyl (C=O) groups excluding carboxylic acids is 1. The zero-order chi connectivity index (χ0) is 20.4. The Morgan fingerprint density at radius 3 is 2.45 bits per heavy atom. The third-order valence-electron chi connectivity index (χ3n) is 4.23. The molecule has 0 radical (unpaired) electrons. The molecule has 0 spiro atoms. The summed E-state index contributed by atoms with van der Waals surface area (Å²) in [7, 11) is 3.71. The number of amides is 1. The van der Waals surface area contributed by atoms with Crippen molar-refractivity contribution >= 4 is 41.5 Å². The Morgan fingerprint density at radius 2 is 1.83 bits per heavy atom. The zero-order valence-electron chi connectivity index (χ0n) is 17.6. The van der Waals surface area contributed by atoms with Gasteiger partial charge in [-0.05, 0) is 37.1 Å². The van der Waals surface area contributed by atoms with Gasteiger partial charge in [-0.25, -0.2) is 0 Å². The summed E-state index contributed by atoms with van der Waals surface area (Å²) in [5.74, 6) is 1.68. The smallest absolute Gasteiger partial charge is 0.221 e. The van der Waals surface area contributed by atoms with Crippen molar-refractivity contribution in [2.45, 2.75) is 26.8 Å². The fourth-order valence-electron chi connectivity index (χ4n) is 2.88. The molecule has 7 heteroatoms. The molecule has 0 aliphatic rings. The SMILES string of the molecule is CCNC(=NCCc1ccc(NC(C)=O)cc1)N(C)Cc1ccccc1OC.I. The summed E-state index contributed by atoms with van der Waals surface area (Å²) in [5, 5.41) is 6.12. The molecular weight excluding hydrogens is 479 g/mol. The third-order valence-corrected chi connectivity index (χ3v) is 4.23. The number of para-hydroxylation sites is 1. The van der Waals surface area contributed by atoms with Crippen LogP contribution in [-0.2, 0) is 17.8 Å². The lowest BCUT2D eigenvalue weighted by Crippen LogP contribution is -2.38. The maximum absolute atomic E-state index is 11.1. The fourth-order valence-corrected chi connectivity index (χ4v) is 2.88. The molecule has 0 unspecified atom stereocenters. The summed E-state index contributed by atoms with van der Waals surface area (Å²) in [6.07, 6.45) is 0.831. The number of anilines is 1. The van der Waals surface area contributed by atoms with E-state index in [2.05, 4.69) is 28.5 Å². The van der Waals surface area contributed by atoms with Crippen LogP contribution in [0.15, 0.2) is 53.5 Å². The standard InChI is InChI=1S/C22H30N4O2.HI/c1-5-23-22(26(3)16-19-8-6-7-9-21(19)28-4)24-15-14-18-10-12-20(13-11-18)25-17(2)27;/h6-13H,5,14-16H2,1-4H3,(H,23,24)(H,25,27);1H. The minimum atomic E-state index is -0.0642. The number of ether oxygens (including phenoxy) is 1. The van der Waals surface area contributed by atoms with Gasteiger partial charge in [0.2, 0.25) is 5.91 Å². The Balaban J connectivity index is 0.00000420. The van der Waals surface area contributed by atoms with Crippen LogP contribution in [0.1, 0.15) is 25.0 Å². The topological polar surface area (TPSA) is 66.0 Å². The number of carbonyl (C=O) groups is 1. The second-order valence-corrected chi connectivity index (χ2v) is 6.53. The van der Waals surface area contributed by atoms with Gasteiger partial charge in [-0.15, -0.1) is 24.0 Å². The molecule has 0 aromatic heterocycles. The van der Waals surface area contributed by atoms with E-state index < -0.39 is 0 Å². The van der Waals surface area contributed by atoms with Crippen molar-refractivity contribution in [2.24, 2.45) is 4.99 Å². The van der Waals surface area contributed by atoms with Gasteiger partial charge >= 0.3 is 0 Å². The first-order valence-corrected chi connectivity index (χ1v) is 9.51. The molecule has 2 aromatic rings. The maximum Gasteiger partial charge on any atom is 0.221 e. The maximum atomic E-state index is 11.1. The molecule has 158 valence electrons. The predicted octanol–water partition coefficient (Wildman–Crippen LogP) is 3.91. The quantitative estimate of drug-likeness (QED) is 0.321. The van der Waals surface area contributed by atoms with Gasteiger partial charge in [-0.3, -0.25) is 9.79 Å². The Labute approximate surface area is 190 Å². The first-order chi connectivity index (χ1) is 13.5. The van der Waals surface area contributed by atoms with Crippen LogP contribution in [-0.4, -0.2) is 44.0 Å². The van der Waals surface area contributed by atoms with Crippen LogP contribution < -0.4 is 15.4 Å². The van der Waals surface area contributed by atoms with Crippen molar-refractivity contribution < 1.29 is 9.53 Å². The molecule has 0 aliphatic heterocycles. The van der Waals surface area contributed by atoms with E-state index in [1.165, 1.54) is 12.5 Å². The Kier molecular flexibility index (Phi) is 11.1. The van der Waals surface area contributed by atoms with E-state index in [0.29, 0.717) is 13.1 Å². The number of hydrogen-bond acceptors (Lipinski definition) is 3. The highest BCUT2D eigenvalue weighted by Crippen LogP contribution is 2.18. The molecule has 6 nitrogen and oxygen atoms in total. The molecule has 0 atom stereocenters. The second kappa shape index (κ2) is 13.0. The minimum Gasteiger partial charge on any atom is -0.496 e. The van der Waals surface area contributed by atoms with E-state index in [-0.39, 0.29) is 29.9 Å². The van der Waals surface area contributed by atoms with Gasteiger partial charge in [0.25, 0.3) is 0 Å². The molecule has 2 N–H and O–H groups in total. The summed E-state index contributed by atoms with van der Waals surface area (Å²) in [5.41, 5.74) is 3.11. The highest BCUT2D eigenvalue weighted by molar-refractivity contribution is 14.0. The first kappa shape index (κ1) is 24.7. The van der Waals surface area contributed by atoms with Gasteiger partial charge < -0.3 is 20.3 Å². The van der Waals surface area contributed by atoms with Crippen molar-refractivity contribution in [3.8, 4) is 5.75 Å². The van der Waals surface area contributed by atoms with Gasteiger partial charge in [0.1, 0.15) is 5.75 Å². The molecular formula is C22H31IN4O2. The van der Waals surface area contributed by atoms with Crippen molar-refractivity contribution in [3.05, 3.63) is 59.7 Å². The summed E-state index contributed by atoms with van der Waals surface area (Å²) >= 11 is 0. The normalized spacial score (nSPS) is 10.7. The van der Waals surface area contributed by atoms with E-state index in [1.807, 2.05) is 49.5 Å². The molecule has 0 fully saturated rings. The highest BCUT2D eigenvalue weighted by Gasteiger charge is 2.09. The molecule has 2 aromatic carbocycles. The van der Waals surface area contributed by atoms with Crippen molar-refractivity contribution in [1.82, 2.24) is 10.2 Å². The Hall–Kier alpha value is -2.29. The summed E-state index contributed by atoms with van der Waals surface area (Å²) in [6.45, 7) is 5.76. The molecule has 1 amide bonds. The number of methoxy groups -OCH3 is 1. The van der Waals surface area contributed by atoms with Crippen LogP contribution in [0.3, 0.4) is 0 Å². The van der Waals surface area contributed by atoms with Gasteiger partial charge in [0.15, 0.2) is 5.96 Å². The van der Waals surface area contributed by atoms with Crippen LogP contribution >= 0.6 is 24.0 Å². The van der Waals surface area contributed by atoms with E-state index >= 15 is 0 Å². The number of aliphatic imine (C=N–C) groups is 1. The Bertz CT molecular complexity index is 794. The van der Waals surface area contributed by atoms with Crippen LogP contribution in [0, 0.1) is 0 Å². The zero-order valence-corrected chi connectivity index (χ0v) is 19.9. The monoisotopic (exact) mass is 510 g/mol. The summed E-state index contributed by atoms with van der Waals surface area (Å²) in [6, 6.07) is 15.9. The van der Waals surface area contributed by atoms with E-state index in [4.69, 9.17) is 9.73 Å². The second-order valence-electron chi connectivity index (χ2n) is 6.53. The molecule has 2 rings (SSSR count). The molecule has 0 saturated heterocycles. The number of hydrogen-bond donors (Lipinski definition) is 2. The van der Waals surface area contributed by atoms with Crippen LogP contribution in [0.5, 0.6) is 5.75 Å². The predicted molar refractivity (Wildman–Crippen MR) is 130 cm³/mol. The van der Waals surface area contributed by atoms with Crippen LogP contribution in [0.25, 0.3) is 0 Å². The first-order valence-electron chi connectivity index (χ1n) is 9.51. The molecule has 0 aliphatic carbocycles. The molecule has 0 heterocycles. The van der Waals surface area contributed by atoms with Crippen molar-refractivity contribution in [3.63, 3.8) is 0 Å². The van der Waals surface area contributed by atoms with Gasteiger partial charge in [0, 0.05) is 44.9 Å². The lowest BCUT2D eigenvalue weighted by Gasteiger charge is -2.23. The van der Waals surface area contributed by atoms with Gasteiger partial charge in [-0.2, -0.15) is 0 Å². The molecule has 29 heavy (non-hydrogen) atoms. The van der Waals surface area contributed by atoms with Crippen LogP contribution in [0.4, 0.5) is 5.69 Å².